The van der Waals surface area contributed by atoms with E-state index in [9.17, 15) is 21.6 Å². The van der Waals surface area contributed by atoms with Gasteiger partial charge in [0.25, 0.3) is 0 Å². The number of halogens is 3. The van der Waals surface area contributed by atoms with E-state index in [-0.39, 0.29) is 4.90 Å². The number of benzene rings is 3. The van der Waals surface area contributed by atoms with Gasteiger partial charge in [0.1, 0.15) is 17.5 Å². The molecule has 0 fully saturated rings. The van der Waals surface area contributed by atoms with Crippen LogP contribution in [0.15, 0.2) is 80.9 Å². The molecule has 4 rings (SSSR count). The summed E-state index contributed by atoms with van der Waals surface area (Å²) in [7, 11) is -3.55. The molecular formula is C22H14F3NO2S3. The third-order valence-electron chi connectivity index (χ3n) is 4.30. The first-order chi connectivity index (χ1) is 14.7. The maximum absolute atomic E-state index is 13.6. The van der Waals surface area contributed by atoms with E-state index in [0.29, 0.717) is 30.9 Å². The molecule has 0 bridgehead atoms. The minimum absolute atomic E-state index is 0.108. The first kappa shape index (κ1) is 21.6. The largest absolute Gasteiger partial charge is 0.229 e. The van der Waals surface area contributed by atoms with Crippen molar-refractivity contribution in [2.75, 3.05) is 6.26 Å². The zero-order valence-corrected chi connectivity index (χ0v) is 18.4. The zero-order valence-electron chi connectivity index (χ0n) is 16.0. The molecule has 1 aromatic heterocycles. The van der Waals surface area contributed by atoms with Gasteiger partial charge in [0.15, 0.2) is 14.2 Å². The summed E-state index contributed by atoms with van der Waals surface area (Å²) in [4.78, 5) is 5.63. The van der Waals surface area contributed by atoms with Gasteiger partial charge in [-0.1, -0.05) is 42.1 Å². The second-order valence-electron chi connectivity index (χ2n) is 6.64. The summed E-state index contributed by atoms with van der Waals surface area (Å²) < 4.78 is 65.8. The van der Waals surface area contributed by atoms with E-state index in [4.69, 9.17) is 0 Å². The number of nitrogens with zero attached hydrogens (tertiary/aromatic N) is 1. The molecule has 0 atom stereocenters. The summed E-state index contributed by atoms with van der Waals surface area (Å²) in [6.07, 6.45) is 1.11. The highest BCUT2D eigenvalue weighted by Gasteiger charge is 2.22. The molecular weight excluding hydrogens is 463 g/mol. The fourth-order valence-corrected chi connectivity index (χ4v) is 6.09. The van der Waals surface area contributed by atoms with Crippen molar-refractivity contribution >= 4 is 32.9 Å². The number of sulfone groups is 1. The fraction of sp³-hybridized carbons (Fsp3) is 0.0455. The van der Waals surface area contributed by atoms with Crippen LogP contribution in [0.25, 0.3) is 21.7 Å². The van der Waals surface area contributed by atoms with Crippen LogP contribution >= 0.6 is 23.1 Å². The summed E-state index contributed by atoms with van der Waals surface area (Å²) in [5, 5.41) is 0. The maximum atomic E-state index is 13.6. The van der Waals surface area contributed by atoms with Gasteiger partial charge < -0.3 is 0 Å². The Hall–Kier alpha value is -2.62. The Morgan fingerprint density at radius 2 is 1.52 bits per heavy atom. The highest BCUT2D eigenvalue weighted by Crippen LogP contribution is 2.43. The molecule has 0 radical (unpaired) electrons. The number of thiazole rings is 1. The van der Waals surface area contributed by atoms with Gasteiger partial charge in [-0.05, 0) is 35.9 Å². The SMILES string of the molecule is CS(=O)(=O)c1ccccc1-c1nc(Sc2cc(F)cc(F)c2)sc1-c1ccc(F)cc1. The molecule has 0 N–H and O–H groups in total. The average Bonchev–Trinajstić information content (AvgIpc) is 3.10. The van der Waals surface area contributed by atoms with E-state index >= 15 is 0 Å². The Labute approximate surface area is 185 Å². The van der Waals surface area contributed by atoms with E-state index in [1.54, 1.807) is 30.3 Å². The summed E-state index contributed by atoms with van der Waals surface area (Å²) >= 11 is 2.29. The van der Waals surface area contributed by atoms with Crippen molar-refractivity contribution in [1.29, 1.82) is 0 Å². The van der Waals surface area contributed by atoms with E-state index < -0.39 is 27.3 Å². The Morgan fingerprint density at radius 3 is 2.16 bits per heavy atom. The number of hydrogen-bond donors (Lipinski definition) is 0. The van der Waals surface area contributed by atoms with Crippen LogP contribution in [0.2, 0.25) is 0 Å². The molecule has 0 aliphatic rings. The monoisotopic (exact) mass is 477 g/mol. The van der Waals surface area contributed by atoms with Crippen LogP contribution < -0.4 is 0 Å². The maximum Gasteiger partial charge on any atom is 0.176 e. The first-order valence-corrected chi connectivity index (χ1v) is 12.4. The second-order valence-corrected chi connectivity index (χ2v) is 10.9. The predicted octanol–water partition coefficient (Wildman–Crippen LogP) is 6.45. The van der Waals surface area contributed by atoms with Crippen molar-refractivity contribution < 1.29 is 21.6 Å². The molecule has 3 aromatic carbocycles. The lowest BCUT2D eigenvalue weighted by atomic mass is 10.1. The zero-order chi connectivity index (χ0) is 22.2. The van der Waals surface area contributed by atoms with Gasteiger partial charge >= 0.3 is 0 Å². The minimum atomic E-state index is -3.55. The average molecular weight is 478 g/mol. The second kappa shape index (κ2) is 8.49. The van der Waals surface area contributed by atoms with Gasteiger partial charge in [-0.3, -0.25) is 0 Å². The summed E-state index contributed by atoms with van der Waals surface area (Å²) in [6.45, 7) is 0. The lowest BCUT2D eigenvalue weighted by Crippen LogP contribution is -2.00. The van der Waals surface area contributed by atoms with Gasteiger partial charge in [0.05, 0.1) is 15.5 Å². The standard InChI is InChI=1S/C22H14F3NO2S3/c1-31(27,28)19-5-3-2-4-18(19)20-21(13-6-8-14(23)9-7-13)30-22(26-20)29-17-11-15(24)10-16(25)12-17/h2-12H,1H3. The fourth-order valence-electron chi connectivity index (χ4n) is 3.00. The lowest BCUT2D eigenvalue weighted by Gasteiger charge is -2.08. The van der Waals surface area contributed by atoms with Crippen molar-refractivity contribution in [2.24, 2.45) is 0 Å². The Kier molecular flexibility index (Phi) is 5.92. The molecule has 1 heterocycles. The molecule has 31 heavy (non-hydrogen) atoms. The van der Waals surface area contributed by atoms with E-state index in [1.165, 1.54) is 41.7 Å². The van der Waals surface area contributed by atoms with Crippen molar-refractivity contribution in [1.82, 2.24) is 4.98 Å². The van der Waals surface area contributed by atoms with Crippen molar-refractivity contribution in [2.45, 2.75) is 14.1 Å². The third-order valence-corrected chi connectivity index (χ3v) is 7.59. The number of aromatic nitrogens is 1. The minimum Gasteiger partial charge on any atom is -0.229 e. The van der Waals surface area contributed by atoms with Crippen LogP contribution in [-0.2, 0) is 9.84 Å². The Balaban J connectivity index is 1.89. The summed E-state index contributed by atoms with van der Waals surface area (Å²) in [6, 6.07) is 15.4. The van der Waals surface area contributed by atoms with Crippen molar-refractivity contribution in [3.63, 3.8) is 0 Å². The number of hydrogen-bond acceptors (Lipinski definition) is 5. The first-order valence-electron chi connectivity index (χ1n) is 8.91. The third kappa shape index (κ3) is 4.84. The van der Waals surface area contributed by atoms with Crippen LogP contribution in [-0.4, -0.2) is 19.7 Å². The molecule has 0 aliphatic carbocycles. The topological polar surface area (TPSA) is 47.0 Å². The van der Waals surface area contributed by atoms with Crippen LogP contribution in [0.1, 0.15) is 0 Å². The Bertz CT molecular complexity index is 1350. The molecule has 0 spiro atoms. The predicted molar refractivity (Wildman–Crippen MR) is 117 cm³/mol. The molecule has 3 nitrogen and oxygen atoms in total. The van der Waals surface area contributed by atoms with Gasteiger partial charge in [-0.25, -0.2) is 26.6 Å². The quantitative estimate of drug-likeness (QED) is 0.331. The highest BCUT2D eigenvalue weighted by molar-refractivity contribution is 8.01. The highest BCUT2D eigenvalue weighted by atomic mass is 32.2. The smallest absolute Gasteiger partial charge is 0.176 e. The normalized spacial score (nSPS) is 11.6. The molecule has 0 saturated carbocycles. The molecule has 9 heteroatoms. The Morgan fingerprint density at radius 1 is 0.871 bits per heavy atom. The van der Waals surface area contributed by atoms with Crippen molar-refractivity contribution in [3.05, 3.63) is 84.2 Å². The van der Waals surface area contributed by atoms with Gasteiger partial charge in [-0.15, -0.1) is 11.3 Å². The summed E-state index contributed by atoms with van der Waals surface area (Å²) in [5.74, 6) is -1.82. The summed E-state index contributed by atoms with van der Waals surface area (Å²) in [5.41, 5.74) is 1.45. The lowest BCUT2D eigenvalue weighted by molar-refractivity contribution is 0.577. The van der Waals surface area contributed by atoms with Crippen LogP contribution in [0.3, 0.4) is 0 Å². The van der Waals surface area contributed by atoms with Gasteiger partial charge in [0, 0.05) is 22.8 Å². The molecule has 4 aromatic rings. The molecule has 158 valence electrons. The van der Waals surface area contributed by atoms with E-state index in [2.05, 4.69) is 4.98 Å². The van der Waals surface area contributed by atoms with Gasteiger partial charge in [0.2, 0.25) is 0 Å². The molecule has 0 unspecified atom stereocenters. The van der Waals surface area contributed by atoms with Crippen LogP contribution in [0, 0.1) is 17.5 Å². The van der Waals surface area contributed by atoms with E-state index in [1.807, 2.05) is 0 Å². The van der Waals surface area contributed by atoms with Crippen LogP contribution in [0.5, 0.6) is 0 Å². The number of rotatable bonds is 5. The van der Waals surface area contributed by atoms with Crippen LogP contribution in [0.4, 0.5) is 13.2 Å². The van der Waals surface area contributed by atoms with Gasteiger partial charge in [-0.2, -0.15) is 0 Å². The molecule has 0 saturated heterocycles. The molecule has 0 aliphatic heterocycles. The van der Waals surface area contributed by atoms with E-state index in [0.717, 1.165) is 24.1 Å². The van der Waals surface area contributed by atoms with Crippen molar-refractivity contribution in [3.8, 4) is 21.7 Å². The molecule has 0 amide bonds.